The number of rotatable bonds is 4. The van der Waals surface area contributed by atoms with Gasteiger partial charge in [-0.3, -0.25) is 9.59 Å². The second kappa shape index (κ2) is 5.25. The van der Waals surface area contributed by atoms with E-state index in [4.69, 9.17) is 10.8 Å². The highest BCUT2D eigenvalue weighted by Crippen LogP contribution is 2.31. The van der Waals surface area contributed by atoms with E-state index >= 15 is 0 Å². The van der Waals surface area contributed by atoms with Gasteiger partial charge in [0, 0.05) is 18.2 Å². The Balaban J connectivity index is 2.17. The largest absolute Gasteiger partial charge is 0.481 e. The molecule has 0 radical (unpaired) electrons. The summed E-state index contributed by atoms with van der Waals surface area (Å²) in [6.45, 7) is 3.35. The minimum absolute atomic E-state index is 0.0292. The van der Waals surface area contributed by atoms with Crippen LogP contribution >= 0.6 is 0 Å². The van der Waals surface area contributed by atoms with Crippen molar-refractivity contribution < 1.29 is 14.7 Å². The number of carboxylic acids is 1. The first-order valence-corrected chi connectivity index (χ1v) is 6.71. The zero-order valence-electron chi connectivity index (χ0n) is 11.8. The van der Waals surface area contributed by atoms with Crippen LogP contribution in [0.25, 0.3) is 0 Å². The Morgan fingerprint density at radius 1 is 1.45 bits per heavy atom. The first-order valence-electron chi connectivity index (χ1n) is 6.71. The molecule has 1 unspecified atom stereocenters. The second-order valence-electron chi connectivity index (χ2n) is 5.96. The van der Waals surface area contributed by atoms with Crippen LogP contribution in [-0.4, -0.2) is 17.0 Å². The predicted molar refractivity (Wildman–Crippen MR) is 76.4 cm³/mol. The van der Waals surface area contributed by atoms with Gasteiger partial charge in [-0.05, 0) is 43.9 Å². The monoisotopic (exact) mass is 276 g/mol. The van der Waals surface area contributed by atoms with Gasteiger partial charge >= 0.3 is 5.97 Å². The van der Waals surface area contributed by atoms with Crippen LogP contribution in [0.3, 0.4) is 0 Å². The van der Waals surface area contributed by atoms with Crippen LogP contribution < -0.4 is 11.1 Å². The molecule has 1 atom stereocenters. The number of hydrogen-bond acceptors (Lipinski definition) is 3. The normalized spacial score (nSPS) is 16.2. The average Bonchev–Trinajstić information content (AvgIpc) is 2.37. The van der Waals surface area contributed by atoms with Crippen molar-refractivity contribution in [2.75, 3.05) is 5.32 Å². The number of hydrogen-bond donors (Lipinski definition) is 3. The van der Waals surface area contributed by atoms with Crippen molar-refractivity contribution >= 4 is 17.6 Å². The molecule has 2 rings (SSSR count). The van der Waals surface area contributed by atoms with E-state index in [1.54, 1.807) is 13.8 Å². The molecule has 0 saturated heterocycles. The Bertz CT molecular complexity index is 552. The summed E-state index contributed by atoms with van der Waals surface area (Å²) in [5.41, 5.74) is 8.07. The minimum atomic E-state index is -0.858. The number of aryl methyl sites for hydroxylation is 1. The van der Waals surface area contributed by atoms with Gasteiger partial charge in [-0.1, -0.05) is 12.1 Å². The molecule has 1 aromatic carbocycles. The van der Waals surface area contributed by atoms with Crippen molar-refractivity contribution in [3.63, 3.8) is 0 Å². The van der Waals surface area contributed by atoms with Crippen LogP contribution in [0.1, 0.15) is 43.9 Å². The van der Waals surface area contributed by atoms with Crippen LogP contribution in [0.4, 0.5) is 5.69 Å². The van der Waals surface area contributed by atoms with Crippen LogP contribution in [0.2, 0.25) is 0 Å². The smallest absolute Gasteiger partial charge is 0.309 e. The molecule has 20 heavy (non-hydrogen) atoms. The lowest BCUT2D eigenvalue weighted by Crippen LogP contribution is -2.29. The second-order valence-corrected chi connectivity index (χ2v) is 5.96. The third-order valence-electron chi connectivity index (χ3n) is 3.76. The fraction of sp³-hybridized carbons (Fsp3) is 0.467. The number of carbonyl (C=O) groups excluding carboxylic acids is 1. The molecule has 108 valence electrons. The van der Waals surface area contributed by atoms with Crippen molar-refractivity contribution in [3.8, 4) is 0 Å². The van der Waals surface area contributed by atoms with Gasteiger partial charge in [0.05, 0.1) is 5.41 Å². The molecule has 0 aliphatic carbocycles. The third-order valence-corrected chi connectivity index (χ3v) is 3.76. The topological polar surface area (TPSA) is 92.4 Å². The maximum Gasteiger partial charge on any atom is 0.309 e. The van der Waals surface area contributed by atoms with E-state index in [0.717, 1.165) is 16.8 Å². The van der Waals surface area contributed by atoms with Crippen molar-refractivity contribution in [3.05, 3.63) is 29.3 Å². The summed E-state index contributed by atoms with van der Waals surface area (Å²) in [5, 5.41) is 12.0. The zero-order chi connectivity index (χ0) is 14.9. The lowest BCUT2D eigenvalue weighted by atomic mass is 9.83. The van der Waals surface area contributed by atoms with Gasteiger partial charge in [-0.15, -0.1) is 0 Å². The van der Waals surface area contributed by atoms with E-state index < -0.39 is 11.4 Å². The highest BCUT2D eigenvalue weighted by Gasteiger charge is 2.30. The molecule has 4 N–H and O–H groups in total. The Morgan fingerprint density at radius 3 is 2.80 bits per heavy atom. The minimum Gasteiger partial charge on any atom is -0.481 e. The average molecular weight is 276 g/mol. The number of nitrogens with one attached hydrogen (secondary N) is 1. The number of benzene rings is 1. The van der Waals surface area contributed by atoms with Crippen LogP contribution in [0, 0.1) is 5.41 Å². The Hall–Kier alpha value is -1.88. The van der Waals surface area contributed by atoms with Gasteiger partial charge in [0.25, 0.3) is 0 Å². The first-order chi connectivity index (χ1) is 9.29. The van der Waals surface area contributed by atoms with Gasteiger partial charge in [0.2, 0.25) is 5.91 Å². The number of carbonyl (C=O) groups is 2. The predicted octanol–water partition coefficient (Wildman–Crippen LogP) is 2.07. The summed E-state index contributed by atoms with van der Waals surface area (Å²) in [4.78, 5) is 22.5. The summed E-state index contributed by atoms with van der Waals surface area (Å²) in [6.07, 6.45) is 1.55. The van der Waals surface area contributed by atoms with E-state index in [0.29, 0.717) is 19.3 Å². The highest BCUT2D eigenvalue weighted by atomic mass is 16.4. The lowest BCUT2D eigenvalue weighted by molar-refractivity contribution is -0.147. The number of amides is 1. The van der Waals surface area contributed by atoms with Crippen molar-refractivity contribution in [1.29, 1.82) is 0 Å². The van der Waals surface area contributed by atoms with E-state index in [1.165, 1.54) is 0 Å². The lowest BCUT2D eigenvalue weighted by Gasteiger charge is -2.25. The number of aliphatic carboxylic acids is 1. The van der Waals surface area contributed by atoms with Gasteiger partial charge in [-0.25, -0.2) is 0 Å². The van der Waals surface area contributed by atoms with Gasteiger partial charge in [0.15, 0.2) is 0 Å². The fourth-order valence-electron chi connectivity index (χ4n) is 2.39. The molecule has 0 fully saturated rings. The molecule has 0 bridgehead atoms. The summed E-state index contributed by atoms with van der Waals surface area (Å²) in [6, 6.07) is 5.34. The van der Waals surface area contributed by atoms with E-state index in [2.05, 4.69) is 5.32 Å². The maximum atomic E-state index is 11.3. The van der Waals surface area contributed by atoms with Gasteiger partial charge in [0.1, 0.15) is 0 Å². The van der Waals surface area contributed by atoms with Crippen molar-refractivity contribution in [2.24, 2.45) is 11.1 Å². The molecule has 5 heteroatoms. The molecule has 1 aliphatic rings. The van der Waals surface area contributed by atoms with Crippen molar-refractivity contribution in [1.82, 2.24) is 0 Å². The Morgan fingerprint density at radius 2 is 2.15 bits per heavy atom. The maximum absolute atomic E-state index is 11.3. The molecule has 0 spiro atoms. The summed E-state index contributed by atoms with van der Waals surface area (Å²) in [5.74, 6) is -0.820. The quantitative estimate of drug-likeness (QED) is 0.785. The molecule has 0 saturated carbocycles. The van der Waals surface area contributed by atoms with Crippen molar-refractivity contribution in [2.45, 2.75) is 39.2 Å². The standard InChI is InChI=1S/C15H20N2O3/c1-15(2,14(19)20)8-11(16)9-3-5-12-10(7-9)4-6-13(18)17-12/h3,5,7,11H,4,6,8,16H2,1-2H3,(H,17,18)(H,19,20). The molecule has 1 aromatic rings. The first kappa shape index (κ1) is 14.5. The molecule has 1 amide bonds. The number of nitrogens with two attached hydrogens (primary N) is 1. The number of anilines is 1. The highest BCUT2D eigenvalue weighted by molar-refractivity contribution is 5.93. The molecular formula is C15H20N2O3. The summed E-state index contributed by atoms with van der Waals surface area (Å²) >= 11 is 0. The van der Waals surface area contributed by atoms with Crippen LogP contribution in [0.5, 0.6) is 0 Å². The zero-order valence-corrected chi connectivity index (χ0v) is 11.8. The van der Waals surface area contributed by atoms with Crippen LogP contribution in [0.15, 0.2) is 18.2 Å². The number of carboxylic acid groups (broad SMARTS) is 1. The van der Waals surface area contributed by atoms with E-state index in [1.807, 2.05) is 18.2 Å². The SMILES string of the molecule is CC(C)(CC(N)c1ccc2c(c1)CCC(=O)N2)C(=O)O. The van der Waals surface area contributed by atoms with Gasteiger partial charge in [-0.2, -0.15) is 0 Å². The fourth-order valence-corrected chi connectivity index (χ4v) is 2.39. The van der Waals surface area contributed by atoms with Gasteiger partial charge < -0.3 is 16.2 Å². The van der Waals surface area contributed by atoms with E-state index in [9.17, 15) is 9.59 Å². The summed E-state index contributed by atoms with van der Waals surface area (Å²) in [7, 11) is 0. The molecule has 0 aromatic heterocycles. The number of fused-ring (bicyclic) bond motifs is 1. The molecule has 1 aliphatic heterocycles. The molecular weight excluding hydrogens is 256 g/mol. The van der Waals surface area contributed by atoms with E-state index in [-0.39, 0.29) is 11.9 Å². The molecule has 5 nitrogen and oxygen atoms in total. The Kier molecular flexibility index (Phi) is 3.81. The summed E-state index contributed by atoms with van der Waals surface area (Å²) < 4.78 is 0. The van der Waals surface area contributed by atoms with Crippen LogP contribution in [-0.2, 0) is 16.0 Å². The third kappa shape index (κ3) is 2.99. The molecule has 1 heterocycles. The Labute approximate surface area is 118 Å².